The van der Waals surface area contributed by atoms with Gasteiger partial charge in [-0.3, -0.25) is 4.79 Å². The maximum Gasteiger partial charge on any atom is 0.272 e. The molecule has 0 saturated carbocycles. The van der Waals surface area contributed by atoms with Gasteiger partial charge in [0.25, 0.3) is 6.43 Å². The van der Waals surface area contributed by atoms with E-state index in [-0.39, 0.29) is 5.75 Å². The quantitative estimate of drug-likeness (QED) is 0.698. The average Bonchev–Trinajstić information content (AvgIpc) is 2.15. The highest BCUT2D eigenvalue weighted by Crippen LogP contribution is 2.22. The maximum atomic E-state index is 11.9. The number of aryl methyl sites for hydroxylation is 1. The van der Waals surface area contributed by atoms with E-state index in [1.165, 1.54) is 6.07 Å². The van der Waals surface area contributed by atoms with Crippen molar-refractivity contribution in [2.24, 2.45) is 0 Å². The van der Waals surface area contributed by atoms with Gasteiger partial charge >= 0.3 is 0 Å². The van der Waals surface area contributed by atoms with Crippen molar-refractivity contribution in [1.82, 2.24) is 0 Å². The molecular formula is C10H10F2O2. The number of para-hydroxylation sites is 1. The summed E-state index contributed by atoms with van der Waals surface area (Å²) in [5, 5.41) is 0. The minimum atomic E-state index is -2.53. The molecule has 14 heavy (non-hydrogen) atoms. The van der Waals surface area contributed by atoms with Gasteiger partial charge in [0.05, 0.1) is 5.56 Å². The zero-order valence-electron chi connectivity index (χ0n) is 7.67. The largest absolute Gasteiger partial charge is 0.487 e. The molecule has 0 saturated heterocycles. The molecule has 0 fully saturated rings. The van der Waals surface area contributed by atoms with E-state index >= 15 is 0 Å². The van der Waals surface area contributed by atoms with Crippen LogP contribution in [-0.4, -0.2) is 19.3 Å². The summed E-state index contributed by atoms with van der Waals surface area (Å²) in [4.78, 5) is 10.6. The molecule has 1 rings (SSSR count). The summed E-state index contributed by atoms with van der Waals surface area (Å²) in [5.41, 5.74) is 0.973. The van der Waals surface area contributed by atoms with Crippen LogP contribution in [0.15, 0.2) is 18.2 Å². The Kier molecular flexibility index (Phi) is 3.56. The number of hydrogen-bond donors (Lipinski definition) is 0. The van der Waals surface area contributed by atoms with Gasteiger partial charge in [0.2, 0.25) is 0 Å². The second-order valence-electron chi connectivity index (χ2n) is 2.81. The van der Waals surface area contributed by atoms with Gasteiger partial charge in [0.15, 0.2) is 6.29 Å². The number of benzene rings is 1. The molecule has 4 heteroatoms. The first-order valence-electron chi connectivity index (χ1n) is 4.11. The summed E-state index contributed by atoms with van der Waals surface area (Å²) >= 11 is 0. The number of rotatable bonds is 4. The Morgan fingerprint density at radius 2 is 2.21 bits per heavy atom. The van der Waals surface area contributed by atoms with Crippen LogP contribution in [0.1, 0.15) is 15.9 Å². The van der Waals surface area contributed by atoms with Gasteiger partial charge in [0.1, 0.15) is 12.4 Å². The summed E-state index contributed by atoms with van der Waals surface area (Å²) in [7, 11) is 0. The van der Waals surface area contributed by atoms with Crippen molar-refractivity contribution in [2.45, 2.75) is 13.3 Å². The van der Waals surface area contributed by atoms with Crippen molar-refractivity contribution in [1.29, 1.82) is 0 Å². The van der Waals surface area contributed by atoms with E-state index in [2.05, 4.69) is 0 Å². The molecule has 76 valence electrons. The normalized spacial score (nSPS) is 10.3. The van der Waals surface area contributed by atoms with Gasteiger partial charge < -0.3 is 4.74 Å². The minimum absolute atomic E-state index is 0.239. The van der Waals surface area contributed by atoms with Crippen LogP contribution in [0.2, 0.25) is 0 Å². The number of carbonyl (C=O) groups is 1. The van der Waals surface area contributed by atoms with E-state index in [0.29, 0.717) is 17.4 Å². The van der Waals surface area contributed by atoms with Gasteiger partial charge in [0, 0.05) is 0 Å². The third-order valence-corrected chi connectivity index (χ3v) is 1.72. The Morgan fingerprint density at radius 3 is 2.79 bits per heavy atom. The van der Waals surface area contributed by atoms with E-state index in [9.17, 15) is 13.6 Å². The van der Waals surface area contributed by atoms with Gasteiger partial charge in [-0.05, 0) is 18.6 Å². The molecule has 1 aromatic rings. The highest BCUT2D eigenvalue weighted by atomic mass is 19.3. The van der Waals surface area contributed by atoms with Crippen LogP contribution in [0, 0.1) is 6.92 Å². The summed E-state index contributed by atoms with van der Waals surface area (Å²) in [6.45, 7) is 1.01. The molecule has 1 aromatic carbocycles. The van der Waals surface area contributed by atoms with Crippen molar-refractivity contribution in [2.75, 3.05) is 6.61 Å². The average molecular weight is 200 g/mol. The maximum absolute atomic E-state index is 11.9. The molecule has 0 unspecified atom stereocenters. The Hall–Kier alpha value is -1.45. The number of halogens is 2. The van der Waals surface area contributed by atoms with Crippen LogP contribution in [-0.2, 0) is 0 Å². The highest BCUT2D eigenvalue weighted by molar-refractivity contribution is 5.80. The minimum Gasteiger partial charge on any atom is -0.487 e. The first kappa shape index (κ1) is 10.6. The fraction of sp³-hybridized carbons (Fsp3) is 0.300. The van der Waals surface area contributed by atoms with Crippen LogP contribution >= 0.6 is 0 Å². The number of hydrogen-bond acceptors (Lipinski definition) is 2. The van der Waals surface area contributed by atoms with Gasteiger partial charge in [-0.15, -0.1) is 0 Å². The lowest BCUT2D eigenvalue weighted by Gasteiger charge is -2.10. The third kappa shape index (κ3) is 2.52. The summed E-state index contributed by atoms with van der Waals surface area (Å²) < 4.78 is 28.6. The second kappa shape index (κ2) is 4.69. The number of alkyl halides is 2. The number of carbonyl (C=O) groups excluding carboxylic acids is 1. The molecule has 0 spiro atoms. The number of ether oxygens (including phenoxy) is 1. The molecule has 0 aliphatic rings. The lowest BCUT2D eigenvalue weighted by Crippen LogP contribution is -2.09. The van der Waals surface area contributed by atoms with Gasteiger partial charge in [-0.25, -0.2) is 8.78 Å². The topological polar surface area (TPSA) is 26.3 Å². The van der Waals surface area contributed by atoms with E-state index in [1.807, 2.05) is 0 Å². The predicted molar refractivity (Wildman–Crippen MR) is 48.1 cm³/mol. The van der Waals surface area contributed by atoms with Crippen LogP contribution in [0.3, 0.4) is 0 Å². The predicted octanol–water partition coefficient (Wildman–Crippen LogP) is 2.45. The smallest absolute Gasteiger partial charge is 0.272 e. The fourth-order valence-corrected chi connectivity index (χ4v) is 1.11. The zero-order chi connectivity index (χ0) is 10.6. The van der Waals surface area contributed by atoms with Crippen molar-refractivity contribution in [3.05, 3.63) is 29.3 Å². The standard InChI is InChI=1S/C10H10F2O2/c1-7-3-2-4-8(5-13)10(7)14-6-9(11)12/h2-5,9H,6H2,1H3. The monoisotopic (exact) mass is 200 g/mol. The van der Waals surface area contributed by atoms with Crippen LogP contribution in [0.25, 0.3) is 0 Å². The van der Waals surface area contributed by atoms with Crippen LogP contribution < -0.4 is 4.74 Å². The third-order valence-electron chi connectivity index (χ3n) is 1.72. The lowest BCUT2D eigenvalue weighted by molar-refractivity contribution is 0.0806. The first-order valence-corrected chi connectivity index (χ1v) is 4.11. The molecule has 0 bridgehead atoms. The molecule has 0 heterocycles. The molecule has 0 N–H and O–H groups in total. The summed E-state index contributed by atoms with van der Waals surface area (Å²) in [6.07, 6.45) is -1.94. The molecule has 0 amide bonds. The van der Waals surface area contributed by atoms with Crippen LogP contribution in [0.5, 0.6) is 5.75 Å². The fourth-order valence-electron chi connectivity index (χ4n) is 1.11. The Balaban J connectivity index is 2.87. The molecule has 0 atom stereocenters. The van der Waals surface area contributed by atoms with E-state index in [4.69, 9.17) is 4.74 Å². The van der Waals surface area contributed by atoms with Crippen molar-refractivity contribution in [3.63, 3.8) is 0 Å². The molecule has 0 aliphatic carbocycles. The van der Waals surface area contributed by atoms with Crippen molar-refractivity contribution in [3.8, 4) is 5.75 Å². The molecule has 2 nitrogen and oxygen atoms in total. The Morgan fingerprint density at radius 1 is 1.50 bits per heavy atom. The first-order chi connectivity index (χ1) is 6.65. The zero-order valence-corrected chi connectivity index (χ0v) is 7.67. The Bertz CT molecular complexity index is 324. The highest BCUT2D eigenvalue weighted by Gasteiger charge is 2.09. The van der Waals surface area contributed by atoms with Crippen molar-refractivity contribution < 1.29 is 18.3 Å². The molecule has 0 radical (unpaired) electrons. The van der Waals surface area contributed by atoms with Crippen LogP contribution in [0.4, 0.5) is 8.78 Å². The van der Waals surface area contributed by atoms with E-state index in [1.54, 1.807) is 19.1 Å². The van der Waals surface area contributed by atoms with Gasteiger partial charge in [-0.1, -0.05) is 12.1 Å². The SMILES string of the molecule is Cc1cccc(C=O)c1OCC(F)F. The molecule has 0 aliphatic heterocycles. The molecule has 0 aromatic heterocycles. The second-order valence-corrected chi connectivity index (χ2v) is 2.81. The lowest BCUT2D eigenvalue weighted by atomic mass is 10.1. The number of aldehydes is 1. The Labute approximate surface area is 80.5 Å². The summed E-state index contributed by atoms with van der Waals surface area (Å²) in [5.74, 6) is 0.239. The van der Waals surface area contributed by atoms with E-state index < -0.39 is 13.0 Å². The van der Waals surface area contributed by atoms with Crippen molar-refractivity contribution >= 4 is 6.29 Å². The van der Waals surface area contributed by atoms with Gasteiger partial charge in [-0.2, -0.15) is 0 Å². The molecular weight excluding hydrogens is 190 g/mol. The summed E-state index contributed by atoms with van der Waals surface area (Å²) in [6, 6.07) is 4.91. The van der Waals surface area contributed by atoms with E-state index in [0.717, 1.165) is 0 Å².